The SMILES string of the molecule is COc1cc(OC)cc(C(=O)N2CCCN(S(=O)(=O)c3cnc[nH]3)CC2)c1. The van der Waals surface area contributed by atoms with Crippen molar-refractivity contribution in [2.45, 2.75) is 11.4 Å². The Labute approximate surface area is 158 Å². The number of H-pyrrole nitrogens is 1. The summed E-state index contributed by atoms with van der Waals surface area (Å²) in [5.74, 6) is 0.861. The van der Waals surface area contributed by atoms with E-state index in [1.165, 1.54) is 31.0 Å². The van der Waals surface area contributed by atoms with Crippen molar-refractivity contribution >= 4 is 15.9 Å². The molecule has 0 atom stereocenters. The Morgan fingerprint density at radius 1 is 1.07 bits per heavy atom. The zero-order valence-electron chi connectivity index (χ0n) is 15.2. The molecule has 27 heavy (non-hydrogen) atoms. The van der Waals surface area contributed by atoms with Gasteiger partial charge in [-0.2, -0.15) is 4.31 Å². The van der Waals surface area contributed by atoms with E-state index in [4.69, 9.17) is 9.47 Å². The standard InChI is InChI=1S/C17H22N4O5S/c1-25-14-8-13(9-15(10-14)26-2)17(22)20-4-3-5-21(7-6-20)27(23,24)16-11-18-12-19-16/h8-12H,3-7H2,1-2H3,(H,18,19). The van der Waals surface area contributed by atoms with Gasteiger partial charge in [0.15, 0.2) is 5.03 Å². The van der Waals surface area contributed by atoms with Crippen molar-refractivity contribution in [3.8, 4) is 11.5 Å². The minimum Gasteiger partial charge on any atom is -0.497 e. The molecule has 1 aliphatic rings. The summed E-state index contributed by atoms with van der Waals surface area (Å²) in [6, 6.07) is 4.99. The summed E-state index contributed by atoms with van der Waals surface area (Å²) in [4.78, 5) is 21.0. The molecule has 0 radical (unpaired) electrons. The highest BCUT2D eigenvalue weighted by Crippen LogP contribution is 2.24. The van der Waals surface area contributed by atoms with Crippen LogP contribution in [0.4, 0.5) is 0 Å². The number of imidazole rings is 1. The third-order valence-electron chi connectivity index (χ3n) is 4.43. The predicted molar refractivity (Wildman–Crippen MR) is 97.4 cm³/mol. The highest BCUT2D eigenvalue weighted by atomic mass is 32.2. The van der Waals surface area contributed by atoms with Gasteiger partial charge in [-0.25, -0.2) is 13.4 Å². The van der Waals surface area contributed by atoms with Gasteiger partial charge in [-0.05, 0) is 18.6 Å². The molecule has 0 bridgehead atoms. The molecule has 2 aromatic rings. The van der Waals surface area contributed by atoms with Crippen LogP contribution in [0, 0.1) is 0 Å². The van der Waals surface area contributed by atoms with Crippen LogP contribution in [-0.4, -0.2) is 73.9 Å². The zero-order chi connectivity index (χ0) is 19.4. The summed E-state index contributed by atoms with van der Waals surface area (Å²) in [5.41, 5.74) is 0.441. The normalized spacial score (nSPS) is 16.0. The van der Waals surface area contributed by atoms with Crippen molar-refractivity contribution in [1.82, 2.24) is 19.2 Å². The fourth-order valence-electron chi connectivity index (χ4n) is 2.97. The number of hydrogen-bond acceptors (Lipinski definition) is 6. The van der Waals surface area contributed by atoms with Crippen LogP contribution in [0.25, 0.3) is 0 Å². The number of hydrogen-bond donors (Lipinski definition) is 1. The van der Waals surface area contributed by atoms with E-state index in [-0.39, 0.29) is 17.5 Å². The molecule has 1 N–H and O–H groups in total. The van der Waals surface area contributed by atoms with E-state index < -0.39 is 10.0 Å². The third kappa shape index (κ3) is 4.06. The van der Waals surface area contributed by atoms with Gasteiger partial charge in [0.2, 0.25) is 0 Å². The molecular weight excluding hydrogens is 372 g/mol. The number of benzene rings is 1. The Morgan fingerprint density at radius 3 is 2.37 bits per heavy atom. The number of nitrogens with zero attached hydrogens (tertiary/aromatic N) is 3. The first kappa shape index (κ1) is 19.2. The summed E-state index contributed by atoms with van der Waals surface area (Å²) >= 11 is 0. The van der Waals surface area contributed by atoms with Gasteiger partial charge in [0.1, 0.15) is 11.5 Å². The van der Waals surface area contributed by atoms with Crippen molar-refractivity contribution in [2.75, 3.05) is 40.4 Å². The topological polar surface area (TPSA) is 105 Å². The van der Waals surface area contributed by atoms with Crippen LogP contribution in [0.15, 0.2) is 35.7 Å². The van der Waals surface area contributed by atoms with E-state index in [9.17, 15) is 13.2 Å². The van der Waals surface area contributed by atoms with Crippen LogP contribution < -0.4 is 9.47 Å². The van der Waals surface area contributed by atoms with E-state index in [2.05, 4.69) is 9.97 Å². The highest BCUT2D eigenvalue weighted by Gasteiger charge is 2.29. The van der Waals surface area contributed by atoms with Crippen LogP contribution in [-0.2, 0) is 10.0 Å². The second-order valence-corrected chi connectivity index (χ2v) is 7.97. The lowest BCUT2D eigenvalue weighted by Crippen LogP contribution is -2.37. The minimum atomic E-state index is -3.64. The Morgan fingerprint density at radius 2 is 1.78 bits per heavy atom. The van der Waals surface area contributed by atoms with Crippen LogP contribution in [0.3, 0.4) is 0 Å². The van der Waals surface area contributed by atoms with E-state index in [0.29, 0.717) is 43.1 Å². The Hall–Kier alpha value is -2.59. The second kappa shape index (κ2) is 7.97. The van der Waals surface area contributed by atoms with Crippen molar-refractivity contribution < 1.29 is 22.7 Å². The van der Waals surface area contributed by atoms with E-state index in [1.807, 2.05) is 0 Å². The molecule has 1 aliphatic heterocycles. The summed E-state index contributed by atoms with van der Waals surface area (Å²) in [7, 11) is -0.598. The minimum absolute atomic E-state index is 0.0554. The molecule has 1 amide bonds. The molecule has 0 aliphatic carbocycles. The highest BCUT2D eigenvalue weighted by molar-refractivity contribution is 7.89. The molecule has 0 saturated carbocycles. The molecular formula is C17H22N4O5S. The smallest absolute Gasteiger partial charge is 0.260 e. The number of aromatic amines is 1. The molecule has 10 heteroatoms. The number of carbonyl (C=O) groups excluding carboxylic acids is 1. The number of nitrogens with one attached hydrogen (secondary N) is 1. The van der Waals surface area contributed by atoms with E-state index >= 15 is 0 Å². The second-order valence-electron chi connectivity index (χ2n) is 6.07. The fraction of sp³-hybridized carbons (Fsp3) is 0.412. The zero-order valence-corrected chi connectivity index (χ0v) is 16.0. The molecule has 1 aromatic heterocycles. The molecule has 0 spiro atoms. The fourth-order valence-corrected chi connectivity index (χ4v) is 4.34. The van der Waals surface area contributed by atoms with Gasteiger partial charge >= 0.3 is 0 Å². The van der Waals surface area contributed by atoms with Gasteiger partial charge in [0.05, 0.1) is 26.7 Å². The van der Waals surface area contributed by atoms with Gasteiger partial charge < -0.3 is 19.4 Å². The van der Waals surface area contributed by atoms with E-state index in [0.717, 1.165) is 0 Å². The molecule has 1 aromatic carbocycles. The molecule has 146 valence electrons. The average molecular weight is 394 g/mol. The van der Waals surface area contributed by atoms with Gasteiger partial charge in [0, 0.05) is 37.8 Å². The van der Waals surface area contributed by atoms with Crippen molar-refractivity contribution in [1.29, 1.82) is 0 Å². The first-order valence-electron chi connectivity index (χ1n) is 8.46. The number of sulfonamides is 1. The van der Waals surface area contributed by atoms with Gasteiger partial charge in [0.25, 0.3) is 15.9 Å². The van der Waals surface area contributed by atoms with E-state index in [1.54, 1.807) is 23.1 Å². The molecule has 1 fully saturated rings. The van der Waals surface area contributed by atoms with Crippen LogP contribution in [0.5, 0.6) is 11.5 Å². The van der Waals surface area contributed by atoms with Crippen LogP contribution in [0.2, 0.25) is 0 Å². The lowest BCUT2D eigenvalue weighted by molar-refractivity contribution is 0.0763. The largest absolute Gasteiger partial charge is 0.497 e. The Balaban J connectivity index is 1.75. The monoisotopic (exact) mass is 394 g/mol. The van der Waals surface area contributed by atoms with Crippen molar-refractivity contribution in [2.24, 2.45) is 0 Å². The molecule has 0 unspecified atom stereocenters. The average Bonchev–Trinajstić information content (AvgIpc) is 3.12. The first-order valence-corrected chi connectivity index (χ1v) is 9.90. The number of carbonyl (C=O) groups is 1. The van der Waals surface area contributed by atoms with Crippen LogP contribution in [0.1, 0.15) is 16.8 Å². The number of rotatable bonds is 5. The quantitative estimate of drug-likeness (QED) is 0.810. The maximum absolute atomic E-state index is 12.9. The van der Waals surface area contributed by atoms with Gasteiger partial charge in [-0.1, -0.05) is 0 Å². The molecule has 1 saturated heterocycles. The molecule has 3 rings (SSSR count). The van der Waals surface area contributed by atoms with Crippen LogP contribution >= 0.6 is 0 Å². The number of aromatic nitrogens is 2. The summed E-state index contributed by atoms with van der Waals surface area (Å²) in [6.45, 7) is 1.32. The van der Waals surface area contributed by atoms with Gasteiger partial charge in [-0.15, -0.1) is 0 Å². The van der Waals surface area contributed by atoms with Crippen molar-refractivity contribution in [3.63, 3.8) is 0 Å². The lowest BCUT2D eigenvalue weighted by atomic mass is 10.1. The maximum atomic E-state index is 12.9. The summed E-state index contributed by atoms with van der Waals surface area (Å²) < 4.78 is 37.1. The number of methoxy groups -OCH3 is 2. The van der Waals surface area contributed by atoms with Gasteiger partial charge in [-0.3, -0.25) is 4.79 Å². The predicted octanol–water partition coefficient (Wildman–Crippen LogP) is 0.964. The number of ether oxygens (including phenoxy) is 2. The van der Waals surface area contributed by atoms with Crippen molar-refractivity contribution in [3.05, 3.63) is 36.3 Å². The summed E-state index contributed by atoms with van der Waals surface area (Å²) in [5, 5.41) is 0.0554. The first-order chi connectivity index (χ1) is 13.0. The maximum Gasteiger partial charge on any atom is 0.260 e. The third-order valence-corrected chi connectivity index (χ3v) is 6.26. The lowest BCUT2D eigenvalue weighted by Gasteiger charge is -2.22. The Kier molecular flexibility index (Phi) is 5.66. The Bertz CT molecular complexity index is 876. The molecule has 9 nitrogen and oxygen atoms in total. The summed E-state index contributed by atoms with van der Waals surface area (Å²) in [6.07, 6.45) is 3.16. The number of amides is 1. The molecule has 2 heterocycles.